The summed E-state index contributed by atoms with van der Waals surface area (Å²) in [5.41, 5.74) is 3.14. The Morgan fingerprint density at radius 2 is 1.96 bits per heavy atom. The van der Waals surface area contributed by atoms with E-state index in [9.17, 15) is 4.79 Å². The van der Waals surface area contributed by atoms with Crippen LogP contribution in [0, 0.1) is 6.92 Å². The predicted octanol–water partition coefficient (Wildman–Crippen LogP) is 3.86. The van der Waals surface area contributed by atoms with Gasteiger partial charge in [-0.25, -0.2) is 0 Å². The summed E-state index contributed by atoms with van der Waals surface area (Å²) < 4.78 is 5.88. The van der Waals surface area contributed by atoms with Crippen LogP contribution in [-0.2, 0) is 17.9 Å². The molecule has 0 unspecified atom stereocenters. The molecule has 0 radical (unpaired) electrons. The van der Waals surface area contributed by atoms with E-state index >= 15 is 0 Å². The highest BCUT2D eigenvalue weighted by Crippen LogP contribution is 2.25. The summed E-state index contributed by atoms with van der Waals surface area (Å²) in [6.07, 6.45) is 0.836. The van der Waals surface area contributed by atoms with Crippen molar-refractivity contribution in [3.8, 4) is 5.75 Å². The fourth-order valence-corrected chi connectivity index (χ4v) is 3.12. The topological polar surface area (TPSA) is 50.4 Å². The average Bonchev–Trinajstić information content (AvgIpc) is 3.00. The molecule has 1 atom stereocenters. The van der Waals surface area contributed by atoms with Crippen LogP contribution in [0.3, 0.4) is 0 Å². The Kier molecular flexibility index (Phi) is 5.84. The van der Waals surface area contributed by atoms with Gasteiger partial charge in [-0.3, -0.25) is 4.79 Å². The molecule has 1 amide bonds. The van der Waals surface area contributed by atoms with Crippen LogP contribution in [0.5, 0.6) is 5.75 Å². The zero-order valence-electron chi connectivity index (χ0n) is 13.9. The summed E-state index contributed by atoms with van der Waals surface area (Å²) in [5.74, 6) is 0.909. The first-order chi connectivity index (χ1) is 12.0. The van der Waals surface area contributed by atoms with Crippen molar-refractivity contribution in [2.45, 2.75) is 32.5 Å². The SMILES string of the molecule is Cc1cc(CN[C@H]2CCNC2=O)ccc1OCc1ccc(Cl)c(Cl)c1. The van der Waals surface area contributed by atoms with Crippen LogP contribution in [-0.4, -0.2) is 18.5 Å². The smallest absolute Gasteiger partial charge is 0.237 e. The van der Waals surface area contributed by atoms with E-state index in [1.807, 2.05) is 31.2 Å². The molecule has 2 aromatic rings. The minimum absolute atomic E-state index is 0.0818. The van der Waals surface area contributed by atoms with Crippen LogP contribution >= 0.6 is 23.2 Å². The van der Waals surface area contributed by atoms with E-state index in [-0.39, 0.29) is 11.9 Å². The number of halogens is 2. The highest BCUT2D eigenvalue weighted by Gasteiger charge is 2.22. The van der Waals surface area contributed by atoms with E-state index in [1.54, 1.807) is 6.07 Å². The number of rotatable bonds is 6. The number of carbonyl (C=O) groups excluding carboxylic acids is 1. The number of hydrogen-bond acceptors (Lipinski definition) is 3. The van der Waals surface area contributed by atoms with Gasteiger partial charge >= 0.3 is 0 Å². The first kappa shape index (κ1) is 18.1. The van der Waals surface area contributed by atoms with Crippen LogP contribution in [0.25, 0.3) is 0 Å². The molecule has 1 heterocycles. The molecule has 2 aromatic carbocycles. The normalized spacial score (nSPS) is 16.8. The van der Waals surface area contributed by atoms with E-state index in [0.717, 1.165) is 35.4 Å². The number of benzene rings is 2. The molecule has 2 N–H and O–H groups in total. The minimum atomic E-state index is -0.0918. The van der Waals surface area contributed by atoms with Gasteiger partial charge in [0.25, 0.3) is 0 Å². The summed E-state index contributed by atoms with van der Waals surface area (Å²) in [5, 5.41) is 7.17. The van der Waals surface area contributed by atoms with Crippen LogP contribution < -0.4 is 15.4 Å². The molecule has 0 aliphatic carbocycles. The number of hydrogen-bond donors (Lipinski definition) is 2. The van der Waals surface area contributed by atoms with Crippen molar-refractivity contribution in [1.82, 2.24) is 10.6 Å². The third kappa shape index (κ3) is 4.66. The van der Waals surface area contributed by atoms with Crippen molar-refractivity contribution in [1.29, 1.82) is 0 Å². The van der Waals surface area contributed by atoms with Crippen molar-refractivity contribution in [2.24, 2.45) is 0 Å². The van der Waals surface area contributed by atoms with Gasteiger partial charge in [-0.2, -0.15) is 0 Å². The highest BCUT2D eigenvalue weighted by molar-refractivity contribution is 6.42. The molecule has 1 fully saturated rings. The lowest BCUT2D eigenvalue weighted by Crippen LogP contribution is -2.35. The number of nitrogens with one attached hydrogen (secondary N) is 2. The molecule has 3 rings (SSSR count). The highest BCUT2D eigenvalue weighted by atomic mass is 35.5. The van der Waals surface area contributed by atoms with Gasteiger partial charge in [0.1, 0.15) is 12.4 Å². The van der Waals surface area contributed by atoms with Crippen molar-refractivity contribution in [2.75, 3.05) is 6.54 Å². The Bertz CT molecular complexity index is 780. The first-order valence-corrected chi connectivity index (χ1v) is 8.96. The average molecular weight is 379 g/mol. The molecule has 1 aliphatic heterocycles. The largest absolute Gasteiger partial charge is 0.489 e. The molecular formula is C19H20Cl2N2O2. The molecule has 0 spiro atoms. The van der Waals surface area contributed by atoms with Crippen molar-refractivity contribution < 1.29 is 9.53 Å². The van der Waals surface area contributed by atoms with Gasteiger partial charge in [0.15, 0.2) is 0 Å². The Morgan fingerprint density at radius 1 is 1.16 bits per heavy atom. The summed E-state index contributed by atoms with van der Waals surface area (Å²) in [6.45, 7) is 3.84. The van der Waals surface area contributed by atoms with Crippen molar-refractivity contribution in [3.05, 3.63) is 63.1 Å². The van der Waals surface area contributed by atoms with Gasteiger partial charge in [-0.05, 0) is 48.2 Å². The molecule has 132 valence electrons. The van der Waals surface area contributed by atoms with E-state index in [0.29, 0.717) is 23.2 Å². The standard InChI is InChI=1S/C19H20Cl2N2O2/c1-12-8-13(10-23-17-6-7-22-19(17)24)3-5-18(12)25-11-14-2-4-15(20)16(21)9-14/h2-5,8-9,17,23H,6-7,10-11H2,1H3,(H,22,24)/t17-/m0/s1. The van der Waals surface area contributed by atoms with Crippen LogP contribution in [0.1, 0.15) is 23.1 Å². The predicted molar refractivity (Wildman–Crippen MR) is 100 cm³/mol. The third-order valence-electron chi connectivity index (χ3n) is 4.22. The van der Waals surface area contributed by atoms with Crippen LogP contribution in [0.15, 0.2) is 36.4 Å². The molecule has 0 bridgehead atoms. The maximum absolute atomic E-state index is 11.6. The van der Waals surface area contributed by atoms with E-state index in [4.69, 9.17) is 27.9 Å². The lowest BCUT2D eigenvalue weighted by atomic mass is 10.1. The lowest BCUT2D eigenvalue weighted by molar-refractivity contribution is -0.120. The molecule has 1 saturated heterocycles. The summed E-state index contributed by atoms with van der Waals surface area (Å²) >= 11 is 11.9. The second-order valence-electron chi connectivity index (χ2n) is 6.15. The number of ether oxygens (including phenoxy) is 1. The fourth-order valence-electron chi connectivity index (χ4n) is 2.80. The van der Waals surface area contributed by atoms with Crippen LogP contribution in [0.4, 0.5) is 0 Å². The van der Waals surface area contributed by atoms with Gasteiger partial charge in [0, 0.05) is 13.1 Å². The van der Waals surface area contributed by atoms with Gasteiger partial charge in [0.2, 0.25) is 5.91 Å². The zero-order valence-corrected chi connectivity index (χ0v) is 15.5. The maximum Gasteiger partial charge on any atom is 0.237 e. The summed E-state index contributed by atoms with van der Waals surface area (Å²) in [6, 6.07) is 11.4. The summed E-state index contributed by atoms with van der Waals surface area (Å²) in [4.78, 5) is 11.6. The van der Waals surface area contributed by atoms with Crippen LogP contribution in [0.2, 0.25) is 10.0 Å². The monoisotopic (exact) mass is 378 g/mol. The van der Waals surface area contributed by atoms with Crippen molar-refractivity contribution in [3.63, 3.8) is 0 Å². The third-order valence-corrected chi connectivity index (χ3v) is 4.96. The van der Waals surface area contributed by atoms with Gasteiger partial charge < -0.3 is 15.4 Å². The molecule has 25 heavy (non-hydrogen) atoms. The Morgan fingerprint density at radius 3 is 2.64 bits per heavy atom. The fraction of sp³-hybridized carbons (Fsp3) is 0.316. The Labute approximate surface area is 157 Å². The molecule has 6 heteroatoms. The second-order valence-corrected chi connectivity index (χ2v) is 6.96. The number of aryl methyl sites for hydroxylation is 1. The Balaban J connectivity index is 1.57. The van der Waals surface area contributed by atoms with Gasteiger partial charge in [0.05, 0.1) is 16.1 Å². The number of carbonyl (C=O) groups is 1. The van der Waals surface area contributed by atoms with Gasteiger partial charge in [-0.1, -0.05) is 41.4 Å². The van der Waals surface area contributed by atoms with Gasteiger partial charge in [-0.15, -0.1) is 0 Å². The van der Waals surface area contributed by atoms with E-state index < -0.39 is 0 Å². The van der Waals surface area contributed by atoms with E-state index in [1.165, 1.54) is 0 Å². The number of amides is 1. The molecule has 0 saturated carbocycles. The van der Waals surface area contributed by atoms with E-state index in [2.05, 4.69) is 16.7 Å². The lowest BCUT2D eigenvalue weighted by Gasteiger charge is -2.13. The zero-order chi connectivity index (χ0) is 17.8. The molecular weight excluding hydrogens is 359 g/mol. The quantitative estimate of drug-likeness (QED) is 0.802. The molecule has 0 aromatic heterocycles. The minimum Gasteiger partial charge on any atom is -0.489 e. The summed E-state index contributed by atoms with van der Waals surface area (Å²) in [7, 11) is 0. The molecule has 4 nitrogen and oxygen atoms in total. The second kappa shape index (κ2) is 8.09. The molecule has 1 aliphatic rings. The Hall–Kier alpha value is -1.75. The first-order valence-electron chi connectivity index (χ1n) is 8.20. The van der Waals surface area contributed by atoms with Crippen molar-refractivity contribution >= 4 is 29.1 Å². The maximum atomic E-state index is 11.6.